The summed E-state index contributed by atoms with van der Waals surface area (Å²) in [6, 6.07) is 6.27. The third-order valence-corrected chi connectivity index (χ3v) is 15.0. The van der Waals surface area contributed by atoms with Crippen molar-refractivity contribution < 1.29 is 23.5 Å². The van der Waals surface area contributed by atoms with Gasteiger partial charge in [0.1, 0.15) is 11.9 Å². The summed E-state index contributed by atoms with van der Waals surface area (Å²) < 4.78 is 19.3. The number of aryl methyl sites for hydroxylation is 1. The van der Waals surface area contributed by atoms with Gasteiger partial charge in [-0.3, -0.25) is 9.59 Å². The predicted molar refractivity (Wildman–Crippen MR) is 163 cm³/mol. The van der Waals surface area contributed by atoms with Gasteiger partial charge in [-0.15, -0.1) is 0 Å². The Kier molecular flexibility index (Phi) is 8.02. The fourth-order valence-electron chi connectivity index (χ4n) is 6.99. The largest absolute Gasteiger partial charge is 0.459 e. The highest BCUT2D eigenvalue weighted by molar-refractivity contribution is 6.74. The van der Waals surface area contributed by atoms with Gasteiger partial charge in [0, 0.05) is 5.41 Å². The van der Waals surface area contributed by atoms with Crippen LogP contribution in [0.2, 0.25) is 18.1 Å². The maximum absolute atomic E-state index is 13.3. The van der Waals surface area contributed by atoms with Crippen LogP contribution >= 0.6 is 0 Å². The molecule has 0 unspecified atom stereocenters. The number of carbonyl (C=O) groups is 2. The van der Waals surface area contributed by atoms with Gasteiger partial charge in [0.25, 0.3) is 0 Å². The molecule has 4 rings (SSSR count). The van der Waals surface area contributed by atoms with E-state index in [1.807, 2.05) is 47.6 Å². The topological polar surface area (TPSA) is 61.8 Å². The van der Waals surface area contributed by atoms with Gasteiger partial charge in [-0.2, -0.15) is 0 Å². The molecule has 0 amide bonds. The first kappa shape index (κ1) is 31.3. The smallest absolute Gasteiger partial charge is 0.316 e. The molecule has 0 aliphatic heterocycles. The van der Waals surface area contributed by atoms with Crippen LogP contribution in [0.4, 0.5) is 0 Å². The first-order valence-corrected chi connectivity index (χ1v) is 18.3. The van der Waals surface area contributed by atoms with E-state index in [0.717, 1.165) is 32.1 Å². The molecule has 0 radical (unpaired) electrons. The highest BCUT2D eigenvalue weighted by Crippen LogP contribution is 2.63. The summed E-state index contributed by atoms with van der Waals surface area (Å²) in [5, 5.41) is 0.0840. The van der Waals surface area contributed by atoms with Crippen molar-refractivity contribution in [3.8, 4) is 5.75 Å². The molecule has 3 aliphatic carbocycles. The van der Waals surface area contributed by atoms with E-state index in [9.17, 15) is 9.59 Å². The molecule has 1 aromatic rings. The average molecular weight is 571 g/mol. The van der Waals surface area contributed by atoms with Gasteiger partial charge < -0.3 is 13.9 Å². The van der Waals surface area contributed by atoms with Crippen LogP contribution < -0.4 is 4.74 Å². The Labute approximate surface area is 244 Å². The Bertz CT molecular complexity index is 1130. The average Bonchev–Trinajstić information content (AvgIpc) is 3.07. The Balaban J connectivity index is 1.63. The van der Waals surface area contributed by atoms with Crippen molar-refractivity contribution in [2.45, 2.75) is 138 Å². The van der Waals surface area contributed by atoms with E-state index < -0.39 is 19.1 Å². The second kappa shape index (κ2) is 10.3. The van der Waals surface area contributed by atoms with Crippen molar-refractivity contribution in [3.05, 3.63) is 29.3 Å². The third kappa shape index (κ3) is 5.81. The van der Waals surface area contributed by atoms with E-state index in [0.29, 0.717) is 23.5 Å². The molecular weight excluding hydrogens is 516 g/mol. The van der Waals surface area contributed by atoms with Gasteiger partial charge in [-0.25, -0.2) is 0 Å². The number of fused-ring (bicyclic) bond motifs is 5. The first-order valence-electron chi connectivity index (χ1n) is 15.4. The van der Waals surface area contributed by atoms with Crippen molar-refractivity contribution in [2.24, 2.45) is 28.1 Å². The molecule has 224 valence electrons. The van der Waals surface area contributed by atoms with Crippen molar-refractivity contribution in [1.82, 2.24) is 0 Å². The minimum Gasteiger partial charge on any atom is -0.459 e. The molecule has 2 fully saturated rings. The molecule has 2 saturated carbocycles. The molecule has 0 saturated heterocycles. The molecule has 5 nitrogen and oxygen atoms in total. The summed E-state index contributed by atoms with van der Waals surface area (Å²) in [7, 11) is -2.07. The van der Waals surface area contributed by atoms with E-state index in [2.05, 4.69) is 52.9 Å². The minimum absolute atomic E-state index is 0.0680. The van der Waals surface area contributed by atoms with Crippen LogP contribution in [0.5, 0.6) is 5.75 Å². The number of esters is 2. The molecular formula is C34H54O5Si. The standard InChI is InChI=1S/C34H54O5Si/c1-31(2,3)29(35)37-22-14-16-23-21(19-22)13-15-25-24(23)17-18-34(10)26(25)20-27(39-40(11,12)33(7,8)9)28(34)38-30(36)32(4,5)6/h14,16,19,24-28H,13,15,17-18,20H2,1-12H3/t24-,25-,26+,27-,28+,34+/m1/s1. The molecule has 6 heteroatoms. The monoisotopic (exact) mass is 570 g/mol. The highest BCUT2D eigenvalue weighted by Gasteiger charge is 2.61. The number of hydrogen-bond acceptors (Lipinski definition) is 5. The Morgan fingerprint density at radius 3 is 2.12 bits per heavy atom. The summed E-state index contributed by atoms with van der Waals surface area (Å²) in [5.41, 5.74) is 1.53. The zero-order valence-corrected chi connectivity index (χ0v) is 28.2. The summed E-state index contributed by atoms with van der Waals surface area (Å²) in [6.07, 6.45) is 4.82. The highest BCUT2D eigenvalue weighted by atomic mass is 28.4. The van der Waals surface area contributed by atoms with E-state index in [1.54, 1.807) is 0 Å². The van der Waals surface area contributed by atoms with Gasteiger partial charge in [0.2, 0.25) is 0 Å². The van der Waals surface area contributed by atoms with Crippen LogP contribution in [0.3, 0.4) is 0 Å². The van der Waals surface area contributed by atoms with Crippen molar-refractivity contribution in [2.75, 3.05) is 0 Å². The van der Waals surface area contributed by atoms with Crippen molar-refractivity contribution >= 4 is 20.3 Å². The SMILES string of the molecule is CC(C)(C)C(=O)Oc1ccc2c(c1)CC[C@@H]1[C@@H]2CC[C@@]2(C)[C@H]1C[C@@H](O[Si](C)(C)C(C)(C)C)[C@@H]2OC(=O)C(C)(C)C. The van der Waals surface area contributed by atoms with Gasteiger partial charge in [-0.05, 0) is 133 Å². The van der Waals surface area contributed by atoms with Crippen molar-refractivity contribution in [1.29, 1.82) is 0 Å². The maximum Gasteiger partial charge on any atom is 0.316 e. The lowest BCUT2D eigenvalue weighted by Gasteiger charge is -2.50. The van der Waals surface area contributed by atoms with Gasteiger partial charge in [-0.1, -0.05) is 33.8 Å². The fraction of sp³-hybridized carbons (Fsp3) is 0.765. The number of benzene rings is 1. The molecule has 0 N–H and O–H groups in total. The first-order chi connectivity index (χ1) is 18.1. The Hall–Kier alpha value is -1.66. The lowest BCUT2D eigenvalue weighted by molar-refractivity contribution is -0.172. The lowest BCUT2D eigenvalue weighted by Crippen LogP contribution is -2.51. The summed E-state index contributed by atoms with van der Waals surface area (Å²) >= 11 is 0. The van der Waals surface area contributed by atoms with Crippen LogP contribution in [0.15, 0.2) is 18.2 Å². The zero-order valence-electron chi connectivity index (χ0n) is 27.2. The predicted octanol–water partition coefficient (Wildman–Crippen LogP) is 8.45. The Morgan fingerprint density at radius 2 is 1.55 bits per heavy atom. The van der Waals surface area contributed by atoms with E-state index in [-0.39, 0.29) is 34.6 Å². The molecule has 40 heavy (non-hydrogen) atoms. The number of rotatable bonds is 4. The molecule has 0 spiro atoms. The van der Waals surface area contributed by atoms with Crippen LogP contribution in [-0.2, 0) is 25.2 Å². The second-order valence-electron chi connectivity index (χ2n) is 16.7. The van der Waals surface area contributed by atoms with Crippen LogP contribution in [0, 0.1) is 28.1 Å². The quantitative estimate of drug-likeness (QED) is 0.206. The van der Waals surface area contributed by atoms with Crippen LogP contribution in [-0.4, -0.2) is 32.5 Å². The van der Waals surface area contributed by atoms with Crippen molar-refractivity contribution in [3.63, 3.8) is 0 Å². The number of hydrogen-bond donors (Lipinski definition) is 0. The number of carbonyl (C=O) groups excluding carboxylic acids is 2. The molecule has 0 aromatic heterocycles. The summed E-state index contributed by atoms with van der Waals surface area (Å²) in [4.78, 5) is 25.7. The number of ether oxygens (including phenoxy) is 2. The van der Waals surface area contributed by atoms with Gasteiger partial charge in [0.05, 0.1) is 16.9 Å². The second-order valence-corrected chi connectivity index (χ2v) is 21.4. The Morgan fingerprint density at radius 1 is 0.925 bits per heavy atom. The third-order valence-electron chi connectivity index (χ3n) is 10.5. The molecule has 6 atom stereocenters. The normalized spacial score (nSPS) is 30.6. The van der Waals surface area contributed by atoms with Crippen LogP contribution in [0.1, 0.15) is 112 Å². The molecule has 1 aromatic carbocycles. The summed E-state index contributed by atoms with van der Waals surface area (Å²) in [5.74, 6) is 1.75. The van der Waals surface area contributed by atoms with E-state index >= 15 is 0 Å². The molecule has 0 bridgehead atoms. The minimum atomic E-state index is -2.07. The van der Waals surface area contributed by atoms with Gasteiger partial charge >= 0.3 is 11.9 Å². The van der Waals surface area contributed by atoms with E-state index in [4.69, 9.17) is 13.9 Å². The summed E-state index contributed by atoms with van der Waals surface area (Å²) in [6.45, 7) is 25.3. The zero-order chi connectivity index (χ0) is 30.1. The lowest BCUT2D eigenvalue weighted by atomic mass is 9.55. The van der Waals surface area contributed by atoms with Crippen LogP contribution in [0.25, 0.3) is 0 Å². The molecule has 0 heterocycles. The molecule has 3 aliphatic rings. The van der Waals surface area contributed by atoms with Gasteiger partial charge in [0.15, 0.2) is 8.32 Å². The maximum atomic E-state index is 13.3. The fourth-order valence-corrected chi connectivity index (χ4v) is 8.32. The van der Waals surface area contributed by atoms with E-state index in [1.165, 1.54) is 11.1 Å².